The molecule has 0 bridgehead atoms. The fourth-order valence-electron chi connectivity index (χ4n) is 5.39. The van der Waals surface area contributed by atoms with E-state index in [9.17, 15) is 23.1 Å². The molecule has 2 aliphatic rings. The maximum atomic E-state index is 13.4. The van der Waals surface area contributed by atoms with Gasteiger partial charge in [0.05, 0.1) is 11.0 Å². The molecule has 0 saturated heterocycles. The molecule has 7 nitrogen and oxygen atoms in total. The Morgan fingerprint density at radius 2 is 1.66 bits per heavy atom. The normalized spacial score (nSPS) is 19.2. The molecule has 8 heteroatoms. The van der Waals surface area contributed by atoms with Gasteiger partial charge in [-0.25, -0.2) is 13.2 Å². The van der Waals surface area contributed by atoms with Gasteiger partial charge in [-0.05, 0) is 66.5 Å². The van der Waals surface area contributed by atoms with Gasteiger partial charge in [-0.3, -0.25) is 9.52 Å². The quantitative estimate of drug-likeness (QED) is 0.267. The van der Waals surface area contributed by atoms with E-state index in [4.69, 9.17) is 4.74 Å². The smallest absolute Gasteiger partial charge is 0.339 e. The Morgan fingerprint density at radius 3 is 2.32 bits per heavy atom. The number of nitrogens with one attached hydrogen (secondary N) is 1. The number of aliphatic hydroxyl groups excluding tert-OH is 1. The van der Waals surface area contributed by atoms with Crippen LogP contribution in [0.1, 0.15) is 48.8 Å². The number of ketones is 1. The number of benzene rings is 3. The highest BCUT2D eigenvalue weighted by molar-refractivity contribution is 7.95. The van der Waals surface area contributed by atoms with Crippen LogP contribution >= 0.6 is 0 Å². The Labute approximate surface area is 240 Å². The number of Topliss-reactive ketones (excluding diaryl/α,β-unsaturated/α-hetero) is 1. The highest BCUT2D eigenvalue weighted by Gasteiger charge is 2.47. The van der Waals surface area contributed by atoms with E-state index in [0.717, 1.165) is 29.4 Å². The number of rotatable bonds is 11. The second-order valence-corrected chi connectivity index (χ2v) is 12.2. The maximum absolute atomic E-state index is 13.4. The molecule has 0 radical (unpaired) electrons. The molecule has 1 saturated carbocycles. The number of sulfonamides is 1. The summed E-state index contributed by atoms with van der Waals surface area (Å²) in [5.74, 6) is -2.68. The number of ether oxygens (including phenoxy) is 1. The fraction of sp³-hybridized carbons (Fsp3) is 0.273. The molecule has 41 heavy (non-hydrogen) atoms. The van der Waals surface area contributed by atoms with Crippen molar-refractivity contribution in [2.75, 3.05) is 4.72 Å². The van der Waals surface area contributed by atoms with Crippen molar-refractivity contribution in [2.24, 2.45) is 11.8 Å². The topological polar surface area (TPSA) is 110 Å². The van der Waals surface area contributed by atoms with Crippen LogP contribution < -0.4 is 4.72 Å². The van der Waals surface area contributed by atoms with Crippen LogP contribution in [-0.4, -0.2) is 31.4 Å². The van der Waals surface area contributed by atoms with Gasteiger partial charge in [0, 0.05) is 17.5 Å². The molecule has 1 heterocycles. The largest absolute Gasteiger partial charge is 0.504 e. The van der Waals surface area contributed by atoms with Crippen LogP contribution in [0.4, 0.5) is 5.69 Å². The number of anilines is 1. The second-order valence-electron chi connectivity index (χ2n) is 10.6. The van der Waals surface area contributed by atoms with Gasteiger partial charge in [-0.15, -0.1) is 0 Å². The summed E-state index contributed by atoms with van der Waals surface area (Å²) in [4.78, 5) is 26.8. The summed E-state index contributed by atoms with van der Waals surface area (Å²) in [7, 11) is -3.82. The lowest BCUT2D eigenvalue weighted by molar-refractivity contribution is -0.158. The van der Waals surface area contributed by atoms with Crippen LogP contribution in [0.15, 0.2) is 102 Å². The van der Waals surface area contributed by atoms with Gasteiger partial charge in [0.15, 0.2) is 11.9 Å². The number of carbonyl (C=O) groups excluding carboxylic acids is 2. The summed E-state index contributed by atoms with van der Waals surface area (Å²) in [6.07, 6.45) is 3.20. The van der Waals surface area contributed by atoms with Crippen molar-refractivity contribution in [3.8, 4) is 0 Å². The van der Waals surface area contributed by atoms with Crippen molar-refractivity contribution in [1.82, 2.24) is 0 Å². The third kappa shape index (κ3) is 6.77. The minimum atomic E-state index is -3.82. The fourth-order valence-corrected chi connectivity index (χ4v) is 6.25. The van der Waals surface area contributed by atoms with Crippen molar-refractivity contribution >= 4 is 33.5 Å². The average molecular weight is 572 g/mol. The van der Waals surface area contributed by atoms with Crippen molar-refractivity contribution < 1.29 is 27.9 Å². The molecule has 212 valence electrons. The second kappa shape index (κ2) is 12.1. The van der Waals surface area contributed by atoms with Crippen LogP contribution in [0.25, 0.3) is 6.08 Å². The number of aliphatic hydroxyl groups is 1. The highest BCUT2D eigenvalue weighted by atomic mass is 32.2. The number of hydrogen-bond donors (Lipinski definition) is 2. The molecule has 3 aromatic rings. The lowest BCUT2D eigenvalue weighted by Gasteiger charge is -2.31. The summed E-state index contributed by atoms with van der Waals surface area (Å²) in [6.45, 7) is 1.93. The zero-order valence-electron chi connectivity index (χ0n) is 22.8. The molecule has 0 amide bonds. The number of carbonyl (C=O) groups is 2. The maximum Gasteiger partial charge on any atom is 0.339 e. The molecule has 1 aliphatic heterocycles. The predicted molar refractivity (Wildman–Crippen MR) is 158 cm³/mol. The van der Waals surface area contributed by atoms with Crippen LogP contribution in [-0.2, 0) is 30.8 Å². The summed E-state index contributed by atoms with van der Waals surface area (Å²) in [5, 5.41) is 12.2. The monoisotopic (exact) mass is 571 g/mol. The van der Waals surface area contributed by atoms with Gasteiger partial charge in [0.2, 0.25) is 5.78 Å². The Hall–Kier alpha value is -4.17. The summed E-state index contributed by atoms with van der Waals surface area (Å²) in [6, 6.07) is 25.5. The average Bonchev–Trinajstić information content (AvgIpc) is 3.81. The Balaban J connectivity index is 1.39. The molecular weight excluding hydrogens is 538 g/mol. The molecular formula is C33H33NO6S. The SMILES string of the molecule is CCC(Cc1ccccc1)C1OC(=O)C(C(c2cccc(NS(=O)(=O)/C=C/c3ccccc3)c2)C2CC2)=C(O)C1=O. The van der Waals surface area contributed by atoms with E-state index in [1.807, 2.05) is 55.5 Å². The minimum Gasteiger partial charge on any atom is -0.504 e. The zero-order chi connectivity index (χ0) is 29.0. The third-order valence-electron chi connectivity index (χ3n) is 7.64. The van der Waals surface area contributed by atoms with E-state index in [1.54, 1.807) is 36.4 Å². The van der Waals surface area contributed by atoms with E-state index in [2.05, 4.69) is 4.72 Å². The highest BCUT2D eigenvalue weighted by Crippen LogP contribution is 2.49. The Kier molecular flexibility index (Phi) is 8.40. The predicted octanol–water partition coefficient (Wildman–Crippen LogP) is 6.17. The zero-order valence-corrected chi connectivity index (χ0v) is 23.6. The minimum absolute atomic E-state index is 0.0279. The molecule has 3 unspecified atom stereocenters. The van der Waals surface area contributed by atoms with Gasteiger partial charge >= 0.3 is 5.97 Å². The van der Waals surface area contributed by atoms with E-state index in [-0.39, 0.29) is 17.4 Å². The van der Waals surface area contributed by atoms with E-state index >= 15 is 0 Å². The number of hydrogen-bond acceptors (Lipinski definition) is 6. The Bertz CT molecular complexity index is 1580. The number of cyclic esters (lactones) is 1. The summed E-state index contributed by atoms with van der Waals surface area (Å²) in [5.41, 5.74) is 2.66. The molecule has 5 rings (SSSR count). The van der Waals surface area contributed by atoms with E-state index in [0.29, 0.717) is 24.1 Å². The number of esters is 1. The summed E-state index contributed by atoms with van der Waals surface area (Å²) >= 11 is 0. The molecule has 2 N–H and O–H groups in total. The van der Waals surface area contributed by atoms with Crippen molar-refractivity contribution in [2.45, 2.75) is 44.6 Å². The lowest BCUT2D eigenvalue weighted by Crippen LogP contribution is -2.42. The third-order valence-corrected chi connectivity index (χ3v) is 8.66. The molecule has 1 fully saturated rings. The van der Waals surface area contributed by atoms with Crippen LogP contribution in [0.3, 0.4) is 0 Å². The van der Waals surface area contributed by atoms with Gasteiger partial charge < -0.3 is 9.84 Å². The van der Waals surface area contributed by atoms with Crippen LogP contribution in [0.2, 0.25) is 0 Å². The van der Waals surface area contributed by atoms with Gasteiger partial charge in [0.25, 0.3) is 10.0 Å². The van der Waals surface area contributed by atoms with Gasteiger partial charge in [0.1, 0.15) is 0 Å². The van der Waals surface area contributed by atoms with Crippen molar-refractivity contribution in [3.63, 3.8) is 0 Å². The van der Waals surface area contributed by atoms with Gasteiger partial charge in [-0.1, -0.05) is 79.7 Å². The van der Waals surface area contributed by atoms with Gasteiger partial charge in [-0.2, -0.15) is 0 Å². The van der Waals surface area contributed by atoms with Crippen molar-refractivity contribution in [1.29, 1.82) is 0 Å². The standard InChI is InChI=1S/C33H33NO6S/c1-2-24(20-23-12-7-4-8-13-23)32-31(36)30(35)29(33(37)40-32)28(25-16-17-25)26-14-9-15-27(21-26)34-41(38,39)19-18-22-10-5-3-6-11-22/h3-15,18-19,21,24-25,28,32,34-35H,2,16-17,20H2,1H3/b19-18+. The van der Waals surface area contributed by atoms with E-state index in [1.165, 1.54) is 6.08 Å². The summed E-state index contributed by atoms with van der Waals surface area (Å²) < 4.78 is 33.8. The van der Waals surface area contributed by atoms with Crippen LogP contribution in [0.5, 0.6) is 0 Å². The first kappa shape index (κ1) is 28.4. The molecule has 3 aromatic carbocycles. The first-order chi connectivity index (χ1) is 19.8. The van der Waals surface area contributed by atoms with Crippen molar-refractivity contribution in [3.05, 3.63) is 118 Å². The van der Waals surface area contributed by atoms with E-state index < -0.39 is 39.6 Å². The first-order valence-corrected chi connectivity index (χ1v) is 15.4. The Morgan fingerprint density at radius 1 is 0.976 bits per heavy atom. The molecule has 1 aliphatic carbocycles. The lowest BCUT2D eigenvalue weighted by atomic mass is 9.81. The molecule has 0 spiro atoms. The van der Waals surface area contributed by atoms with Crippen LogP contribution in [0, 0.1) is 11.8 Å². The molecule has 3 atom stereocenters. The first-order valence-electron chi connectivity index (χ1n) is 13.8. The molecule has 0 aromatic heterocycles.